The van der Waals surface area contributed by atoms with Crippen molar-refractivity contribution in [3.8, 4) is 0 Å². The van der Waals surface area contributed by atoms with Crippen molar-refractivity contribution < 1.29 is 4.79 Å². The minimum atomic E-state index is 0.386. The number of hydrogen-bond acceptors (Lipinski definition) is 1. The van der Waals surface area contributed by atoms with Crippen LogP contribution in [0, 0.1) is 23.2 Å². The fourth-order valence-corrected chi connectivity index (χ4v) is 6.52. The molecule has 3 unspecified atom stereocenters. The van der Waals surface area contributed by atoms with Crippen molar-refractivity contribution in [1.82, 2.24) is 0 Å². The topological polar surface area (TPSA) is 17.1 Å². The van der Waals surface area contributed by atoms with Crippen molar-refractivity contribution in [3.05, 3.63) is 22.8 Å². The number of fused-ring (bicyclic) bond motifs is 4. The number of carbonyl (C=O) groups is 1. The van der Waals surface area contributed by atoms with E-state index >= 15 is 0 Å². The van der Waals surface area contributed by atoms with Crippen molar-refractivity contribution in [2.24, 2.45) is 23.2 Å². The van der Waals surface area contributed by atoms with Crippen molar-refractivity contribution in [2.45, 2.75) is 90.9 Å². The van der Waals surface area contributed by atoms with Crippen LogP contribution in [-0.4, -0.2) is 5.78 Å². The quantitative estimate of drug-likeness (QED) is 0.547. The summed E-state index contributed by atoms with van der Waals surface area (Å²) in [6.45, 7) is 4.73. The van der Waals surface area contributed by atoms with Crippen LogP contribution in [0.25, 0.3) is 0 Å². The lowest BCUT2D eigenvalue weighted by Crippen LogP contribution is -2.35. The van der Waals surface area contributed by atoms with Crippen LogP contribution in [0.4, 0.5) is 0 Å². The van der Waals surface area contributed by atoms with E-state index < -0.39 is 0 Å². The fourth-order valence-electron chi connectivity index (χ4n) is 6.52. The van der Waals surface area contributed by atoms with Gasteiger partial charge in [0.2, 0.25) is 0 Å². The Morgan fingerprint density at radius 1 is 1.08 bits per heavy atom. The number of ketones is 1. The number of carbonyl (C=O) groups excluding carboxylic acids is 1. The molecular weight excluding hydrogens is 292 g/mol. The van der Waals surface area contributed by atoms with Gasteiger partial charge in [-0.2, -0.15) is 0 Å². The average Bonchev–Trinajstić information content (AvgIpc) is 2.98. The van der Waals surface area contributed by atoms with Gasteiger partial charge >= 0.3 is 0 Å². The Labute approximate surface area is 148 Å². The molecule has 0 aliphatic heterocycles. The first-order valence-corrected chi connectivity index (χ1v) is 10.5. The summed E-state index contributed by atoms with van der Waals surface area (Å²) in [5, 5.41) is 0. The van der Waals surface area contributed by atoms with Gasteiger partial charge in [0.15, 0.2) is 5.78 Å². The molecule has 0 heterocycles. The van der Waals surface area contributed by atoms with Gasteiger partial charge in [-0.3, -0.25) is 4.79 Å². The number of allylic oxidation sites excluding steroid dienone is 4. The second-order valence-electron chi connectivity index (χ2n) is 9.40. The Kier molecular flexibility index (Phi) is 4.47. The highest BCUT2D eigenvalue weighted by Crippen LogP contribution is 2.60. The highest BCUT2D eigenvalue weighted by molar-refractivity contribution is 5.91. The lowest BCUT2D eigenvalue weighted by Gasteiger charge is -2.47. The first-order valence-electron chi connectivity index (χ1n) is 10.5. The maximum absolute atomic E-state index is 11.8. The molecule has 0 bridgehead atoms. The Hall–Kier alpha value is -0.850. The highest BCUT2D eigenvalue weighted by Gasteiger charge is 2.47. The van der Waals surface area contributed by atoms with E-state index in [0.717, 1.165) is 24.7 Å². The molecule has 0 aromatic carbocycles. The Morgan fingerprint density at radius 2 is 1.96 bits per heavy atom. The average molecular weight is 327 g/mol. The van der Waals surface area contributed by atoms with Crippen molar-refractivity contribution in [2.75, 3.05) is 0 Å². The monoisotopic (exact) mass is 326 g/mol. The van der Waals surface area contributed by atoms with E-state index in [9.17, 15) is 4.79 Å². The molecule has 0 saturated heterocycles. The molecule has 3 atom stereocenters. The van der Waals surface area contributed by atoms with Crippen LogP contribution >= 0.6 is 0 Å². The highest BCUT2D eigenvalue weighted by atomic mass is 16.1. The summed E-state index contributed by atoms with van der Waals surface area (Å²) in [4.78, 5) is 11.8. The molecule has 0 N–H and O–H groups in total. The lowest BCUT2D eigenvalue weighted by atomic mass is 9.58. The van der Waals surface area contributed by atoms with Gasteiger partial charge in [-0.25, -0.2) is 0 Å². The van der Waals surface area contributed by atoms with E-state index in [0.29, 0.717) is 17.1 Å². The van der Waals surface area contributed by atoms with Gasteiger partial charge in [0.25, 0.3) is 0 Å². The zero-order valence-electron chi connectivity index (χ0n) is 15.7. The van der Waals surface area contributed by atoms with E-state index in [4.69, 9.17) is 0 Å². The largest absolute Gasteiger partial charge is 0.295 e. The normalized spacial score (nSPS) is 35.6. The van der Waals surface area contributed by atoms with Crippen LogP contribution in [0.3, 0.4) is 0 Å². The van der Waals surface area contributed by atoms with E-state index in [1.54, 1.807) is 0 Å². The molecule has 1 nitrogen and oxygen atoms in total. The number of rotatable bonds is 4. The fraction of sp³-hybridized carbons (Fsp3) is 0.783. The molecule has 0 spiro atoms. The second-order valence-corrected chi connectivity index (χ2v) is 9.40. The Morgan fingerprint density at radius 3 is 2.79 bits per heavy atom. The third kappa shape index (κ3) is 2.82. The molecule has 1 heteroatoms. The maximum Gasteiger partial charge on any atom is 0.155 e. The van der Waals surface area contributed by atoms with Gasteiger partial charge in [-0.15, -0.1) is 0 Å². The first kappa shape index (κ1) is 16.6. The van der Waals surface area contributed by atoms with Crippen molar-refractivity contribution in [3.63, 3.8) is 0 Å². The summed E-state index contributed by atoms with van der Waals surface area (Å²) in [5.41, 5.74) is 5.89. The zero-order valence-corrected chi connectivity index (χ0v) is 15.7. The van der Waals surface area contributed by atoms with Crippen molar-refractivity contribution >= 4 is 5.78 Å². The second kappa shape index (κ2) is 6.46. The minimum Gasteiger partial charge on any atom is -0.295 e. The third-order valence-electron chi connectivity index (χ3n) is 7.62. The van der Waals surface area contributed by atoms with Gasteiger partial charge in [-0.1, -0.05) is 43.4 Å². The summed E-state index contributed by atoms with van der Waals surface area (Å²) >= 11 is 0. The molecule has 2 saturated carbocycles. The van der Waals surface area contributed by atoms with E-state index in [1.165, 1.54) is 69.8 Å². The van der Waals surface area contributed by atoms with Crippen LogP contribution < -0.4 is 0 Å². The predicted molar refractivity (Wildman–Crippen MR) is 99.8 cm³/mol. The van der Waals surface area contributed by atoms with E-state index in [1.807, 2.05) is 17.2 Å². The molecule has 0 aromatic rings. The maximum atomic E-state index is 11.8. The van der Waals surface area contributed by atoms with Gasteiger partial charge in [0.1, 0.15) is 0 Å². The smallest absolute Gasteiger partial charge is 0.155 e. The van der Waals surface area contributed by atoms with E-state index in [2.05, 4.69) is 13.8 Å². The predicted octanol–water partition coefficient (Wildman–Crippen LogP) is 6.39. The molecule has 0 aromatic heterocycles. The minimum absolute atomic E-state index is 0.386. The Bertz CT molecular complexity index is 579. The first-order chi connectivity index (χ1) is 11.6. The SMILES string of the molecule is CC(C)CCCC12CCCC1=C1CCC3=CC(=O)CCC3C1CC2. The number of hydrogen-bond donors (Lipinski definition) is 0. The Balaban J connectivity index is 1.58. The van der Waals surface area contributed by atoms with Crippen LogP contribution in [0.1, 0.15) is 90.9 Å². The molecule has 0 amide bonds. The molecule has 4 aliphatic rings. The van der Waals surface area contributed by atoms with Crippen LogP contribution in [0.15, 0.2) is 22.8 Å². The van der Waals surface area contributed by atoms with Gasteiger partial charge < -0.3 is 0 Å². The van der Waals surface area contributed by atoms with Gasteiger partial charge in [0.05, 0.1) is 0 Å². The zero-order chi connectivity index (χ0) is 16.7. The van der Waals surface area contributed by atoms with Crippen LogP contribution in [-0.2, 0) is 4.79 Å². The molecule has 2 fully saturated rings. The summed E-state index contributed by atoms with van der Waals surface area (Å²) in [7, 11) is 0. The molecule has 24 heavy (non-hydrogen) atoms. The van der Waals surface area contributed by atoms with Gasteiger partial charge in [-0.05, 0) is 87.0 Å². The molecule has 0 radical (unpaired) electrons. The van der Waals surface area contributed by atoms with Crippen LogP contribution in [0.2, 0.25) is 0 Å². The van der Waals surface area contributed by atoms with Crippen molar-refractivity contribution in [1.29, 1.82) is 0 Å². The molecule has 4 rings (SSSR count). The third-order valence-corrected chi connectivity index (χ3v) is 7.62. The van der Waals surface area contributed by atoms with Gasteiger partial charge in [0, 0.05) is 6.42 Å². The summed E-state index contributed by atoms with van der Waals surface area (Å²) in [6.07, 6.45) is 17.8. The summed E-state index contributed by atoms with van der Waals surface area (Å²) < 4.78 is 0. The molecule has 4 aliphatic carbocycles. The summed E-state index contributed by atoms with van der Waals surface area (Å²) in [5.74, 6) is 2.74. The molecular formula is C23H34O. The molecule has 132 valence electrons. The van der Waals surface area contributed by atoms with E-state index in [-0.39, 0.29) is 0 Å². The lowest BCUT2D eigenvalue weighted by molar-refractivity contribution is -0.115. The van der Waals surface area contributed by atoms with Crippen LogP contribution in [0.5, 0.6) is 0 Å². The summed E-state index contributed by atoms with van der Waals surface area (Å²) in [6, 6.07) is 0. The standard InChI is InChI=1S/C23H34O/c1-16(2)5-3-12-23-13-4-6-22(23)21-9-7-17-15-18(24)8-10-19(17)20(21)11-14-23/h15-16,19-20H,3-14H2,1-2H3.